The summed E-state index contributed by atoms with van der Waals surface area (Å²) in [4.78, 5) is 41.6. The first-order valence-electron chi connectivity index (χ1n) is 9.80. The Labute approximate surface area is 199 Å². The van der Waals surface area contributed by atoms with Crippen LogP contribution in [0.4, 0.5) is 18.2 Å². The molecule has 1 N–H and O–H groups in total. The topological polar surface area (TPSA) is 85.4 Å². The summed E-state index contributed by atoms with van der Waals surface area (Å²) >= 11 is 2.30. The van der Waals surface area contributed by atoms with Gasteiger partial charge in [0.15, 0.2) is 10.8 Å². The number of rotatable bonds is 7. The number of esters is 1. The lowest BCUT2D eigenvalue weighted by Crippen LogP contribution is -2.16. The number of para-hydroxylation sites is 1. The predicted molar refractivity (Wildman–Crippen MR) is 122 cm³/mol. The summed E-state index contributed by atoms with van der Waals surface area (Å²) in [6, 6.07) is 13.4. The third kappa shape index (κ3) is 5.32. The summed E-state index contributed by atoms with van der Waals surface area (Å²) in [5.41, 5.74) is -0.344. The first-order valence-corrected chi connectivity index (χ1v) is 11.5. The number of amides is 1. The van der Waals surface area contributed by atoms with E-state index in [0.29, 0.717) is 5.52 Å². The van der Waals surface area contributed by atoms with Gasteiger partial charge in [-0.05, 0) is 29.6 Å². The van der Waals surface area contributed by atoms with Crippen LogP contribution >= 0.6 is 22.7 Å². The van der Waals surface area contributed by atoms with Gasteiger partial charge in [-0.1, -0.05) is 30.3 Å². The summed E-state index contributed by atoms with van der Waals surface area (Å²) < 4.78 is 44.9. The van der Waals surface area contributed by atoms with E-state index in [-0.39, 0.29) is 21.1 Å². The van der Waals surface area contributed by atoms with Gasteiger partial charge in [0, 0.05) is 5.56 Å². The van der Waals surface area contributed by atoms with Crippen molar-refractivity contribution >= 4 is 55.6 Å². The molecule has 0 atom stereocenters. The molecule has 0 bridgehead atoms. The Balaban J connectivity index is 1.39. The van der Waals surface area contributed by atoms with Gasteiger partial charge in [-0.2, -0.15) is 13.2 Å². The average molecular weight is 505 g/mol. The van der Waals surface area contributed by atoms with Crippen molar-refractivity contribution in [2.75, 3.05) is 5.32 Å². The van der Waals surface area contributed by atoms with Crippen molar-refractivity contribution in [2.45, 2.75) is 19.2 Å². The number of hydrogen-bond donors (Lipinski definition) is 1. The Morgan fingerprint density at radius 2 is 1.74 bits per heavy atom. The fraction of sp³-hybridized carbons (Fsp3) is 0.130. The van der Waals surface area contributed by atoms with Gasteiger partial charge in [0.25, 0.3) is 5.91 Å². The Morgan fingerprint density at radius 3 is 2.50 bits per heavy atom. The van der Waals surface area contributed by atoms with Crippen molar-refractivity contribution in [3.05, 3.63) is 81.7 Å². The molecule has 0 aliphatic rings. The molecule has 11 heteroatoms. The summed E-state index contributed by atoms with van der Waals surface area (Å²) in [5.74, 6) is -2.10. The van der Waals surface area contributed by atoms with Crippen molar-refractivity contribution in [3.63, 3.8) is 0 Å². The zero-order chi connectivity index (χ0) is 24.3. The highest BCUT2D eigenvalue weighted by Gasteiger charge is 2.33. The Morgan fingerprint density at radius 1 is 1.00 bits per heavy atom. The second kappa shape index (κ2) is 9.74. The minimum atomic E-state index is -4.59. The quantitative estimate of drug-likeness (QED) is 0.191. The zero-order valence-electron chi connectivity index (χ0n) is 17.2. The lowest BCUT2D eigenvalue weighted by molar-refractivity contribution is -0.147. The highest BCUT2D eigenvalue weighted by atomic mass is 32.1. The molecule has 0 aliphatic heterocycles. The summed E-state index contributed by atoms with van der Waals surface area (Å²) in [7, 11) is 0. The predicted octanol–water partition coefficient (Wildman–Crippen LogP) is 5.95. The van der Waals surface area contributed by atoms with Gasteiger partial charge in [-0.15, -0.1) is 22.7 Å². The van der Waals surface area contributed by atoms with E-state index in [4.69, 9.17) is 4.74 Å². The molecular weight excluding hydrogens is 489 g/mol. The fourth-order valence-corrected chi connectivity index (χ4v) is 4.77. The van der Waals surface area contributed by atoms with Crippen LogP contribution < -0.4 is 5.32 Å². The molecule has 0 aliphatic carbocycles. The number of thiophene rings is 1. The first kappa shape index (κ1) is 23.6. The average Bonchev–Trinajstić information content (AvgIpc) is 3.44. The van der Waals surface area contributed by atoms with Crippen LogP contribution in [0.2, 0.25) is 0 Å². The highest BCUT2D eigenvalue weighted by Crippen LogP contribution is 2.32. The molecule has 6 nitrogen and oxygen atoms in total. The Hall–Kier alpha value is -3.57. The van der Waals surface area contributed by atoms with Crippen LogP contribution in [-0.4, -0.2) is 22.6 Å². The molecule has 2 heterocycles. The number of Topliss-reactive ketones (excluding diaryl/α,β-unsaturated/α-hetero) is 1. The smallest absolute Gasteiger partial charge is 0.416 e. The van der Waals surface area contributed by atoms with E-state index in [0.717, 1.165) is 22.1 Å². The molecule has 0 fully saturated rings. The number of halogens is 3. The number of carbonyl (C=O) groups excluding carboxylic acids is 3. The molecule has 0 saturated heterocycles. The lowest BCUT2D eigenvalue weighted by atomic mass is 10.1. The third-order valence-electron chi connectivity index (χ3n) is 4.70. The summed E-state index contributed by atoms with van der Waals surface area (Å²) in [6.07, 6.45) is -5.28. The minimum absolute atomic E-state index is 0.104. The van der Waals surface area contributed by atoms with E-state index in [1.54, 1.807) is 17.5 Å². The van der Waals surface area contributed by atoms with Crippen LogP contribution in [0.15, 0.2) is 60.0 Å². The highest BCUT2D eigenvalue weighted by molar-refractivity contribution is 7.20. The number of benzene rings is 2. The van der Waals surface area contributed by atoms with Crippen LogP contribution in [0.1, 0.15) is 37.7 Å². The molecule has 4 rings (SSSR count). The van der Waals surface area contributed by atoms with Gasteiger partial charge in [-0.3, -0.25) is 14.4 Å². The monoisotopic (exact) mass is 504 g/mol. The molecule has 0 radical (unpaired) electrons. The first-order chi connectivity index (χ1) is 16.2. The number of hydrogen-bond acceptors (Lipinski definition) is 7. The fourth-order valence-electron chi connectivity index (χ4n) is 3.11. The van der Waals surface area contributed by atoms with E-state index in [1.807, 2.05) is 12.1 Å². The molecule has 34 heavy (non-hydrogen) atoms. The number of nitrogens with zero attached hydrogens (tertiary/aromatic N) is 1. The standard InChI is InChI=1S/C23H15F3N2O4S2/c24-23(25,26)15-6-2-1-5-13(15)12-32-19(30)11-17(29)14-9-10-33-21(14)28-20(31)22-27-16-7-3-4-8-18(16)34-22/h1-10H,11-12H2,(H,28,31). The number of fused-ring (bicyclic) bond motifs is 1. The maximum Gasteiger partial charge on any atom is 0.416 e. The van der Waals surface area contributed by atoms with Crippen molar-refractivity contribution in [2.24, 2.45) is 0 Å². The molecule has 4 aromatic rings. The van der Waals surface area contributed by atoms with Crippen molar-refractivity contribution in [1.29, 1.82) is 0 Å². The number of nitrogens with one attached hydrogen (secondary N) is 1. The van der Waals surface area contributed by atoms with E-state index in [9.17, 15) is 27.6 Å². The number of aromatic nitrogens is 1. The van der Waals surface area contributed by atoms with Crippen LogP contribution in [-0.2, 0) is 22.3 Å². The van der Waals surface area contributed by atoms with Gasteiger partial charge in [0.1, 0.15) is 18.0 Å². The zero-order valence-corrected chi connectivity index (χ0v) is 18.9. The second-order valence-corrected chi connectivity index (χ2v) is 8.97. The summed E-state index contributed by atoms with van der Waals surface area (Å²) in [5, 5.41) is 4.67. The number of ketones is 1. The van der Waals surface area contributed by atoms with Crippen molar-refractivity contribution in [1.82, 2.24) is 4.98 Å². The third-order valence-corrected chi connectivity index (χ3v) is 6.56. The normalized spacial score (nSPS) is 11.4. The number of carbonyl (C=O) groups is 3. The molecule has 2 aromatic carbocycles. The number of alkyl halides is 3. The molecular formula is C23H15F3N2O4S2. The SMILES string of the molecule is O=C(CC(=O)c1ccsc1NC(=O)c1nc2ccccc2s1)OCc1ccccc1C(F)(F)F. The molecule has 0 saturated carbocycles. The molecule has 174 valence electrons. The van der Waals surface area contributed by atoms with Crippen LogP contribution in [0.5, 0.6) is 0 Å². The minimum Gasteiger partial charge on any atom is -0.460 e. The number of ether oxygens (including phenoxy) is 1. The van der Waals surface area contributed by atoms with Gasteiger partial charge in [0.05, 0.1) is 21.3 Å². The largest absolute Gasteiger partial charge is 0.460 e. The van der Waals surface area contributed by atoms with Crippen LogP contribution in [0.3, 0.4) is 0 Å². The van der Waals surface area contributed by atoms with Crippen molar-refractivity contribution < 1.29 is 32.3 Å². The van der Waals surface area contributed by atoms with E-state index in [1.165, 1.54) is 35.6 Å². The lowest BCUT2D eigenvalue weighted by Gasteiger charge is -2.12. The molecule has 0 unspecified atom stereocenters. The van der Waals surface area contributed by atoms with Crippen LogP contribution in [0.25, 0.3) is 10.2 Å². The van der Waals surface area contributed by atoms with E-state index < -0.39 is 42.4 Å². The van der Waals surface area contributed by atoms with Crippen molar-refractivity contribution in [3.8, 4) is 0 Å². The van der Waals surface area contributed by atoms with Gasteiger partial charge >= 0.3 is 12.1 Å². The maximum atomic E-state index is 13.1. The number of thiazole rings is 1. The summed E-state index contributed by atoms with van der Waals surface area (Å²) in [6.45, 7) is -0.618. The number of anilines is 1. The Kier molecular flexibility index (Phi) is 6.75. The van der Waals surface area contributed by atoms with E-state index in [2.05, 4.69) is 10.3 Å². The van der Waals surface area contributed by atoms with Gasteiger partial charge in [0.2, 0.25) is 0 Å². The van der Waals surface area contributed by atoms with Gasteiger partial charge in [-0.25, -0.2) is 4.98 Å². The molecule has 1 amide bonds. The second-order valence-electron chi connectivity index (χ2n) is 7.02. The Bertz CT molecular complexity index is 1340. The molecule has 2 aromatic heterocycles. The maximum absolute atomic E-state index is 13.1. The van der Waals surface area contributed by atoms with Gasteiger partial charge < -0.3 is 10.1 Å². The van der Waals surface area contributed by atoms with Crippen LogP contribution in [0, 0.1) is 0 Å². The molecule has 0 spiro atoms. The van der Waals surface area contributed by atoms with E-state index >= 15 is 0 Å².